The number of carbonyl (C=O) groups is 1. The molecule has 1 heterocycles. The molecule has 0 aromatic rings. The van der Waals surface area contributed by atoms with Crippen molar-refractivity contribution < 1.29 is 14.6 Å². The third-order valence-corrected chi connectivity index (χ3v) is 3.26. The van der Waals surface area contributed by atoms with Gasteiger partial charge in [-0.1, -0.05) is 0 Å². The number of nitrogens with zero attached hydrogens (tertiary/aromatic N) is 2. The van der Waals surface area contributed by atoms with Crippen LogP contribution in [0.25, 0.3) is 0 Å². The maximum atomic E-state index is 11.9. The molecule has 19 heavy (non-hydrogen) atoms. The monoisotopic (exact) mass is 272 g/mol. The molecule has 0 radical (unpaired) electrons. The summed E-state index contributed by atoms with van der Waals surface area (Å²) in [6.45, 7) is 9.28. The van der Waals surface area contributed by atoms with Gasteiger partial charge < -0.3 is 19.6 Å². The minimum absolute atomic E-state index is 0.203. The first-order chi connectivity index (χ1) is 8.81. The van der Waals surface area contributed by atoms with E-state index >= 15 is 0 Å². The van der Waals surface area contributed by atoms with E-state index in [0.29, 0.717) is 5.92 Å². The molecular weight excluding hydrogens is 244 g/mol. The molecule has 1 atom stereocenters. The van der Waals surface area contributed by atoms with Crippen LogP contribution in [-0.2, 0) is 4.74 Å². The number of aliphatic hydroxyl groups is 1. The first-order valence-electron chi connectivity index (χ1n) is 7.09. The summed E-state index contributed by atoms with van der Waals surface area (Å²) in [4.78, 5) is 15.8. The second-order valence-corrected chi connectivity index (χ2v) is 6.39. The highest BCUT2D eigenvalue weighted by Gasteiger charge is 2.25. The topological polar surface area (TPSA) is 53.0 Å². The molecule has 5 heteroatoms. The Morgan fingerprint density at radius 3 is 2.74 bits per heavy atom. The van der Waals surface area contributed by atoms with Crippen molar-refractivity contribution in [2.75, 3.05) is 39.8 Å². The maximum Gasteiger partial charge on any atom is 0.410 e. The zero-order chi connectivity index (χ0) is 14.5. The fourth-order valence-corrected chi connectivity index (χ4v) is 2.45. The molecule has 5 nitrogen and oxygen atoms in total. The van der Waals surface area contributed by atoms with Crippen molar-refractivity contribution in [2.24, 2.45) is 5.92 Å². The fourth-order valence-electron chi connectivity index (χ4n) is 2.45. The van der Waals surface area contributed by atoms with E-state index < -0.39 is 5.60 Å². The maximum absolute atomic E-state index is 11.9. The van der Waals surface area contributed by atoms with Gasteiger partial charge in [-0.15, -0.1) is 0 Å². The van der Waals surface area contributed by atoms with E-state index in [-0.39, 0.29) is 12.7 Å². The Balaban J connectivity index is 2.39. The van der Waals surface area contributed by atoms with Gasteiger partial charge >= 0.3 is 6.09 Å². The largest absolute Gasteiger partial charge is 0.444 e. The van der Waals surface area contributed by atoms with Crippen LogP contribution in [-0.4, -0.2) is 66.4 Å². The number of aliphatic hydroxyl groups excluding tert-OH is 1. The second kappa shape index (κ2) is 7.10. The van der Waals surface area contributed by atoms with E-state index in [1.54, 1.807) is 11.9 Å². The summed E-state index contributed by atoms with van der Waals surface area (Å²) < 4.78 is 5.35. The number of rotatable bonds is 4. The number of hydrogen-bond donors (Lipinski definition) is 1. The van der Waals surface area contributed by atoms with E-state index in [1.165, 1.54) is 0 Å². The minimum Gasteiger partial charge on any atom is -0.444 e. The molecule has 1 saturated heterocycles. The number of β-amino-alcohol motifs (C(OH)–C–C–N with tert-alkyl or cyclic N) is 1. The molecule has 0 aromatic carbocycles. The Morgan fingerprint density at radius 1 is 1.47 bits per heavy atom. The average molecular weight is 272 g/mol. The SMILES string of the molecule is CN(C[C@@H]1CCCN(CCO)C1)C(=O)OC(C)(C)C. The molecule has 1 rings (SSSR count). The van der Waals surface area contributed by atoms with Gasteiger partial charge in [0.05, 0.1) is 6.61 Å². The van der Waals surface area contributed by atoms with Gasteiger partial charge in [-0.2, -0.15) is 0 Å². The Hall–Kier alpha value is -0.810. The van der Waals surface area contributed by atoms with Crippen LogP contribution in [0.3, 0.4) is 0 Å². The molecule has 112 valence electrons. The smallest absolute Gasteiger partial charge is 0.410 e. The van der Waals surface area contributed by atoms with Crippen LogP contribution < -0.4 is 0 Å². The molecule has 0 aliphatic carbocycles. The lowest BCUT2D eigenvalue weighted by Gasteiger charge is -2.34. The van der Waals surface area contributed by atoms with Gasteiger partial charge in [-0.25, -0.2) is 4.79 Å². The Morgan fingerprint density at radius 2 is 2.16 bits per heavy atom. The number of hydrogen-bond acceptors (Lipinski definition) is 4. The average Bonchev–Trinajstić information content (AvgIpc) is 2.27. The lowest BCUT2D eigenvalue weighted by atomic mass is 9.97. The summed E-state index contributed by atoms with van der Waals surface area (Å²) in [6.07, 6.45) is 2.01. The van der Waals surface area contributed by atoms with Crippen molar-refractivity contribution in [2.45, 2.75) is 39.2 Å². The summed E-state index contributed by atoms with van der Waals surface area (Å²) in [7, 11) is 1.79. The van der Waals surface area contributed by atoms with E-state index in [0.717, 1.165) is 39.0 Å². The summed E-state index contributed by atoms with van der Waals surface area (Å²) in [6, 6.07) is 0. The van der Waals surface area contributed by atoms with Crippen molar-refractivity contribution in [3.63, 3.8) is 0 Å². The highest BCUT2D eigenvalue weighted by Crippen LogP contribution is 2.18. The molecule has 0 unspecified atom stereocenters. The van der Waals surface area contributed by atoms with E-state index in [9.17, 15) is 4.79 Å². The lowest BCUT2D eigenvalue weighted by Crippen LogP contribution is -2.43. The predicted molar refractivity (Wildman–Crippen MR) is 75.1 cm³/mol. The van der Waals surface area contributed by atoms with Crippen molar-refractivity contribution >= 4 is 6.09 Å². The zero-order valence-corrected chi connectivity index (χ0v) is 12.7. The van der Waals surface area contributed by atoms with Crippen molar-refractivity contribution in [1.29, 1.82) is 0 Å². The molecule has 1 fully saturated rings. The van der Waals surface area contributed by atoms with Gasteiger partial charge in [0.2, 0.25) is 0 Å². The van der Waals surface area contributed by atoms with E-state index in [4.69, 9.17) is 9.84 Å². The van der Waals surface area contributed by atoms with Gasteiger partial charge in [0.25, 0.3) is 0 Å². The Bertz CT molecular complexity index is 287. The summed E-state index contributed by atoms with van der Waals surface area (Å²) >= 11 is 0. The normalized spacial score (nSPS) is 21.2. The number of piperidine rings is 1. The third-order valence-electron chi connectivity index (χ3n) is 3.26. The van der Waals surface area contributed by atoms with E-state index in [2.05, 4.69) is 4.90 Å². The molecular formula is C14H28N2O3. The number of ether oxygens (including phenoxy) is 1. The summed E-state index contributed by atoms with van der Waals surface area (Å²) in [5.41, 5.74) is -0.444. The van der Waals surface area contributed by atoms with Crippen LogP contribution in [0, 0.1) is 5.92 Å². The van der Waals surface area contributed by atoms with Gasteiger partial charge in [0, 0.05) is 26.7 Å². The molecule has 0 bridgehead atoms. The molecule has 1 aliphatic rings. The van der Waals surface area contributed by atoms with Crippen molar-refractivity contribution in [1.82, 2.24) is 9.80 Å². The quantitative estimate of drug-likeness (QED) is 0.844. The third kappa shape index (κ3) is 6.25. The van der Waals surface area contributed by atoms with Crippen molar-refractivity contribution in [3.05, 3.63) is 0 Å². The molecule has 0 saturated carbocycles. The Labute approximate surface area is 116 Å². The zero-order valence-electron chi connectivity index (χ0n) is 12.7. The van der Waals surface area contributed by atoms with Crippen LogP contribution in [0.1, 0.15) is 33.6 Å². The van der Waals surface area contributed by atoms with Gasteiger partial charge in [-0.05, 0) is 46.1 Å². The first kappa shape index (κ1) is 16.2. The van der Waals surface area contributed by atoms with Crippen LogP contribution in [0.5, 0.6) is 0 Å². The predicted octanol–water partition coefficient (Wildman–Crippen LogP) is 1.56. The highest BCUT2D eigenvalue weighted by atomic mass is 16.6. The van der Waals surface area contributed by atoms with E-state index in [1.807, 2.05) is 20.8 Å². The van der Waals surface area contributed by atoms with Crippen LogP contribution in [0.15, 0.2) is 0 Å². The number of likely N-dealkylation sites (tertiary alicyclic amines) is 1. The summed E-state index contributed by atoms with van der Waals surface area (Å²) in [5, 5.41) is 8.98. The van der Waals surface area contributed by atoms with Gasteiger partial charge in [0.15, 0.2) is 0 Å². The fraction of sp³-hybridized carbons (Fsp3) is 0.929. The summed E-state index contributed by atoms with van der Waals surface area (Å²) in [5.74, 6) is 0.470. The molecule has 0 aromatic heterocycles. The molecule has 1 aliphatic heterocycles. The van der Waals surface area contributed by atoms with Crippen LogP contribution in [0.4, 0.5) is 4.79 Å². The van der Waals surface area contributed by atoms with Gasteiger partial charge in [0.1, 0.15) is 5.60 Å². The van der Waals surface area contributed by atoms with Crippen LogP contribution in [0.2, 0.25) is 0 Å². The standard InChI is InChI=1S/C14H28N2O3/c1-14(2,3)19-13(18)15(4)10-12-6-5-7-16(11-12)8-9-17/h12,17H,5-11H2,1-4H3/t12-/m0/s1. The minimum atomic E-state index is -0.444. The highest BCUT2D eigenvalue weighted by molar-refractivity contribution is 5.67. The lowest BCUT2D eigenvalue weighted by molar-refractivity contribution is 0.0239. The van der Waals surface area contributed by atoms with Crippen molar-refractivity contribution in [3.8, 4) is 0 Å². The first-order valence-corrected chi connectivity index (χ1v) is 7.09. The number of amides is 1. The Kier molecular flexibility index (Phi) is 6.07. The van der Waals surface area contributed by atoms with Gasteiger partial charge in [-0.3, -0.25) is 0 Å². The number of carbonyl (C=O) groups excluding carboxylic acids is 1. The second-order valence-electron chi connectivity index (χ2n) is 6.39. The molecule has 0 spiro atoms. The molecule has 1 N–H and O–H groups in total. The van der Waals surface area contributed by atoms with Crippen LogP contribution >= 0.6 is 0 Å². The molecule has 1 amide bonds.